The third kappa shape index (κ3) is 103. The van der Waals surface area contributed by atoms with Crippen LogP contribution in [-0.4, -0.2) is 0 Å². The maximum atomic E-state index is 3.62. The molecule has 0 atom stereocenters. The van der Waals surface area contributed by atoms with E-state index in [1.807, 2.05) is 95.2 Å². The second-order valence-corrected chi connectivity index (χ2v) is 4.83. The molecule has 0 heterocycles. The van der Waals surface area contributed by atoms with Crippen LogP contribution >= 0.6 is 0 Å². The molecule has 0 fully saturated rings. The molecule has 0 aliphatic carbocycles. The first-order valence-corrected chi connectivity index (χ1v) is 13.8. The van der Waals surface area contributed by atoms with Gasteiger partial charge in [0.25, 0.3) is 0 Å². The average molecular weight is 469 g/mol. The molecule has 0 N–H and O–H groups in total. The van der Waals surface area contributed by atoms with Crippen molar-refractivity contribution in [2.45, 2.75) is 143 Å². The van der Waals surface area contributed by atoms with Gasteiger partial charge in [0.05, 0.1) is 0 Å². The topological polar surface area (TPSA) is 0 Å². The first-order valence-electron chi connectivity index (χ1n) is 13.8. The number of allylic oxidation sites excluding steroid dienone is 8. The lowest BCUT2D eigenvalue weighted by molar-refractivity contribution is 1.09. The van der Waals surface area contributed by atoms with Gasteiger partial charge in [-0.05, 0) is 44.3 Å². The van der Waals surface area contributed by atoms with E-state index in [4.69, 9.17) is 0 Å². The molecule has 0 saturated heterocycles. The fourth-order valence-electron chi connectivity index (χ4n) is 1.18. The Morgan fingerprint density at radius 3 is 1.00 bits per heavy atom. The summed E-state index contributed by atoms with van der Waals surface area (Å²) in [6.07, 6.45) is 15.1. The van der Waals surface area contributed by atoms with Crippen LogP contribution in [0.15, 0.2) is 73.4 Å². The van der Waals surface area contributed by atoms with E-state index in [-0.39, 0.29) is 0 Å². The van der Waals surface area contributed by atoms with E-state index in [0.29, 0.717) is 0 Å². The van der Waals surface area contributed by atoms with E-state index in [0.717, 1.165) is 19.3 Å². The van der Waals surface area contributed by atoms with Crippen LogP contribution in [0.2, 0.25) is 0 Å². The van der Waals surface area contributed by atoms with Gasteiger partial charge in [0.15, 0.2) is 0 Å². The molecule has 0 radical (unpaired) electrons. The summed E-state index contributed by atoms with van der Waals surface area (Å²) in [6.45, 7) is 48.1. The largest absolute Gasteiger partial charge is 0.106 e. The molecule has 33 heavy (non-hydrogen) atoms. The average Bonchev–Trinajstić information content (AvgIpc) is 2.93. The van der Waals surface area contributed by atoms with E-state index >= 15 is 0 Å². The molecule has 0 amide bonds. The number of hydrogen-bond acceptors (Lipinski definition) is 0. The normalized spacial score (nSPS) is 8.45. The fraction of sp³-hybridized carbons (Fsp3) is 0.636. The van der Waals surface area contributed by atoms with Gasteiger partial charge in [-0.15, -0.1) is 13.2 Å². The molecule has 0 nitrogen and oxygen atoms in total. The molecule has 0 rings (SSSR count). The summed E-state index contributed by atoms with van der Waals surface area (Å²) in [4.78, 5) is 0. The van der Waals surface area contributed by atoms with Gasteiger partial charge in [0.2, 0.25) is 0 Å². The Hall–Kier alpha value is -1.56. The Balaban J connectivity index is -0.0000000319. The monoisotopic (exact) mass is 469 g/mol. The zero-order valence-corrected chi connectivity index (χ0v) is 27.0. The van der Waals surface area contributed by atoms with Crippen molar-refractivity contribution in [1.29, 1.82) is 0 Å². The summed E-state index contributed by atoms with van der Waals surface area (Å²) in [5.41, 5.74) is 3.85. The molecule has 0 aromatic heterocycles. The Kier molecular flexibility index (Phi) is 171. The summed E-state index contributed by atoms with van der Waals surface area (Å²) >= 11 is 0. The highest BCUT2D eigenvalue weighted by atomic mass is 13.9. The maximum Gasteiger partial charge on any atom is -0.0311 e. The fourth-order valence-corrected chi connectivity index (χ4v) is 1.18. The smallest absolute Gasteiger partial charge is 0.0311 e. The quantitative estimate of drug-likeness (QED) is 0.268. The Morgan fingerprint density at radius 1 is 0.576 bits per heavy atom. The van der Waals surface area contributed by atoms with E-state index in [1.165, 1.54) is 23.1 Å². The minimum absolute atomic E-state index is 1.14. The standard InChI is InChI=1S/C10H18.C8H12.C3H8.5C2H6.C2H4/c1-4-7-9-10(6-3)8-5-2;1-5-7(3)8(4)6-2;1-3-2;6*1-2/h7-9H,4-6H2,1-3H3;5-6H,1-2H2,3-4H3;3H2,1-2H3;5*1-2H3;1-2H2/b9-7-,10-8-;8-7-;;;;;;;. The second-order valence-electron chi connectivity index (χ2n) is 4.83. The van der Waals surface area contributed by atoms with Crippen molar-refractivity contribution in [2.75, 3.05) is 0 Å². The van der Waals surface area contributed by atoms with Crippen LogP contribution in [0.1, 0.15) is 143 Å². The third-order valence-electron chi connectivity index (χ3n) is 2.68. The lowest BCUT2D eigenvalue weighted by Crippen LogP contribution is -1.73. The van der Waals surface area contributed by atoms with Crippen LogP contribution < -0.4 is 0 Å². The van der Waals surface area contributed by atoms with Gasteiger partial charge < -0.3 is 0 Å². The summed E-state index contributed by atoms with van der Waals surface area (Å²) < 4.78 is 0. The Bertz CT molecular complexity index is 321. The molecule has 0 heteroatoms. The summed E-state index contributed by atoms with van der Waals surface area (Å²) in [7, 11) is 0. The van der Waals surface area contributed by atoms with Crippen LogP contribution in [-0.2, 0) is 0 Å². The van der Waals surface area contributed by atoms with Crippen LogP contribution in [0.4, 0.5) is 0 Å². The van der Waals surface area contributed by atoms with E-state index in [2.05, 4.69) is 79.2 Å². The van der Waals surface area contributed by atoms with Crippen molar-refractivity contribution in [1.82, 2.24) is 0 Å². The Labute approximate surface area is 216 Å². The van der Waals surface area contributed by atoms with Crippen molar-refractivity contribution in [2.24, 2.45) is 0 Å². The summed E-state index contributed by atoms with van der Waals surface area (Å²) in [6, 6.07) is 0. The predicted octanol–water partition coefficient (Wildman–Crippen LogP) is 13.7. The lowest BCUT2D eigenvalue weighted by Gasteiger charge is -1.93. The molecule has 0 aromatic rings. The molecule has 0 aliphatic heterocycles. The van der Waals surface area contributed by atoms with Gasteiger partial charge in [-0.25, -0.2) is 0 Å². The highest BCUT2D eigenvalue weighted by Gasteiger charge is 1.83. The van der Waals surface area contributed by atoms with Crippen molar-refractivity contribution < 1.29 is 0 Å². The van der Waals surface area contributed by atoms with E-state index in [9.17, 15) is 0 Å². The minimum Gasteiger partial charge on any atom is -0.106 e. The first kappa shape index (κ1) is 57.9. The van der Waals surface area contributed by atoms with Gasteiger partial charge in [-0.1, -0.05) is 159 Å². The van der Waals surface area contributed by atoms with Crippen molar-refractivity contribution in [3.05, 3.63) is 73.4 Å². The number of hydrogen-bond donors (Lipinski definition) is 0. The summed E-state index contributed by atoms with van der Waals surface area (Å²) in [5, 5.41) is 0. The summed E-state index contributed by atoms with van der Waals surface area (Å²) in [5.74, 6) is 0. The molecule has 0 bridgehead atoms. The van der Waals surface area contributed by atoms with E-state index in [1.54, 1.807) is 0 Å². The second kappa shape index (κ2) is 97.6. The maximum absolute atomic E-state index is 3.62. The van der Waals surface area contributed by atoms with Crippen LogP contribution in [0, 0.1) is 0 Å². The molecule has 0 spiro atoms. The zero-order valence-electron chi connectivity index (χ0n) is 27.0. The van der Waals surface area contributed by atoms with Crippen LogP contribution in [0.5, 0.6) is 0 Å². The molecular formula is C33H72. The van der Waals surface area contributed by atoms with E-state index < -0.39 is 0 Å². The molecule has 0 saturated carbocycles. The minimum atomic E-state index is 1.14. The van der Waals surface area contributed by atoms with Crippen molar-refractivity contribution in [3.63, 3.8) is 0 Å². The van der Waals surface area contributed by atoms with Gasteiger partial charge >= 0.3 is 0 Å². The first-order chi connectivity index (χ1) is 16.0. The van der Waals surface area contributed by atoms with Crippen molar-refractivity contribution in [3.8, 4) is 0 Å². The molecule has 0 aromatic carbocycles. The molecule has 0 unspecified atom stereocenters. The van der Waals surface area contributed by atoms with Gasteiger partial charge in [0.1, 0.15) is 0 Å². The lowest BCUT2D eigenvalue weighted by atomic mass is 10.1. The van der Waals surface area contributed by atoms with Crippen molar-refractivity contribution >= 4 is 0 Å². The number of rotatable bonds is 6. The third-order valence-corrected chi connectivity index (χ3v) is 2.68. The van der Waals surface area contributed by atoms with Crippen LogP contribution in [0.25, 0.3) is 0 Å². The molecule has 0 aliphatic rings. The highest BCUT2D eigenvalue weighted by Crippen LogP contribution is 2.04. The van der Waals surface area contributed by atoms with Gasteiger partial charge in [-0.3, -0.25) is 0 Å². The Morgan fingerprint density at radius 2 is 0.848 bits per heavy atom. The van der Waals surface area contributed by atoms with Crippen LogP contribution in [0.3, 0.4) is 0 Å². The molecular weight excluding hydrogens is 396 g/mol. The van der Waals surface area contributed by atoms with Gasteiger partial charge in [0, 0.05) is 0 Å². The van der Waals surface area contributed by atoms with Gasteiger partial charge in [-0.2, -0.15) is 0 Å². The zero-order chi connectivity index (χ0) is 29.1. The highest BCUT2D eigenvalue weighted by molar-refractivity contribution is 5.27. The molecule has 204 valence electrons. The predicted molar refractivity (Wildman–Crippen MR) is 171 cm³/mol. The SMILES string of the molecule is C=C.C=C/C(C)=C(/C)C=C.CC.CC.CC.CC.CC.CC/C=C\C(=C/CC)CC.CCC.